The molecule has 3 unspecified atom stereocenters. The molecule has 2 N–H and O–H groups in total. The van der Waals surface area contributed by atoms with Crippen LogP contribution in [-0.2, 0) is 0 Å². The van der Waals surface area contributed by atoms with Crippen molar-refractivity contribution in [2.75, 3.05) is 6.54 Å². The van der Waals surface area contributed by atoms with Crippen LogP contribution in [0.25, 0.3) is 0 Å². The molecule has 0 radical (unpaired) electrons. The first-order chi connectivity index (χ1) is 6.50. The summed E-state index contributed by atoms with van der Waals surface area (Å²) in [7, 11) is 0. The minimum Gasteiger partial charge on any atom is -0.328 e. The minimum atomic E-state index is 0.449. The molecule has 1 aliphatic carbocycles. The van der Waals surface area contributed by atoms with E-state index in [1.807, 2.05) is 0 Å². The number of hydrogen-bond donors (Lipinski definition) is 1. The lowest BCUT2D eigenvalue weighted by Crippen LogP contribution is -2.58. The van der Waals surface area contributed by atoms with Gasteiger partial charge in [0.15, 0.2) is 0 Å². The average Bonchev–Trinajstić information content (AvgIpc) is 2.08. The molecule has 1 aliphatic heterocycles. The number of nitrogens with zero attached hydrogens (tertiary/aromatic N) is 1. The van der Waals surface area contributed by atoms with Gasteiger partial charge in [-0.1, -0.05) is 13.8 Å². The molecule has 2 rings (SSSR count). The molecule has 14 heavy (non-hydrogen) atoms. The van der Waals surface area contributed by atoms with Crippen LogP contribution in [0.5, 0.6) is 0 Å². The van der Waals surface area contributed by atoms with Crippen molar-refractivity contribution in [1.29, 1.82) is 0 Å². The first-order valence-electron chi connectivity index (χ1n) is 6.02. The molecule has 0 aromatic carbocycles. The fourth-order valence-corrected chi connectivity index (χ4v) is 3.16. The topological polar surface area (TPSA) is 29.3 Å². The van der Waals surface area contributed by atoms with E-state index in [9.17, 15) is 0 Å². The standard InChI is InChI=1S/C12H24N2/c1-9-8-10(13)5-7-14(9)11-4-6-12(11,2)3/h9-11H,4-8,13H2,1-3H3. The maximum absolute atomic E-state index is 5.99. The summed E-state index contributed by atoms with van der Waals surface area (Å²) in [4.78, 5) is 2.70. The first kappa shape index (κ1) is 10.4. The molecule has 0 spiro atoms. The Bertz CT molecular complexity index is 212. The summed E-state index contributed by atoms with van der Waals surface area (Å²) in [6.45, 7) is 8.37. The maximum Gasteiger partial charge on any atom is 0.0149 e. The molecule has 0 aromatic heterocycles. The first-order valence-corrected chi connectivity index (χ1v) is 6.02. The quantitative estimate of drug-likeness (QED) is 0.695. The van der Waals surface area contributed by atoms with Crippen LogP contribution in [0.1, 0.15) is 46.5 Å². The Morgan fingerprint density at radius 1 is 1.29 bits per heavy atom. The largest absolute Gasteiger partial charge is 0.328 e. The van der Waals surface area contributed by atoms with Gasteiger partial charge < -0.3 is 5.73 Å². The second kappa shape index (κ2) is 3.49. The molecular weight excluding hydrogens is 172 g/mol. The Hall–Kier alpha value is -0.0800. The lowest BCUT2D eigenvalue weighted by Gasteiger charge is -2.54. The van der Waals surface area contributed by atoms with Crippen molar-refractivity contribution < 1.29 is 0 Å². The predicted molar refractivity (Wildman–Crippen MR) is 60.2 cm³/mol. The normalized spacial score (nSPS) is 43.3. The number of likely N-dealkylation sites (tertiary alicyclic amines) is 1. The van der Waals surface area contributed by atoms with Crippen molar-refractivity contribution in [2.45, 2.75) is 64.6 Å². The van der Waals surface area contributed by atoms with Crippen LogP contribution in [0.3, 0.4) is 0 Å². The second-order valence-corrected chi connectivity index (χ2v) is 5.91. The van der Waals surface area contributed by atoms with Crippen molar-refractivity contribution in [3.05, 3.63) is 0 Å². The third kappa shape index (κ3) is 1.70. The summed E-state index contributed by atoms with van der Waals surface area (Å²) in [5.41, 5.74) is 6.54. The van der Waals surface area contributed by atoms with E-state index in [4.69, 9.17) is 5.73 Å². The van der Waals surface area contributed by atoms with Crippen LogP contribution in [0, 0.1) is 5.41 Å². The van der Waals surface area contributed by atoms with Crippen LogP contribution in [0.4, 0.5) is 0 Å². The van der Waals surface area contributed by atoms with Crippen molar-refractivity contribution >= 4 is 0 Å². The Kier molecular flexibility index (Phi) is 2.61. The molecule has 1 heterocycles. The highest BCUT2D eigenvalue weighted by Crippen LogP contribution is 2.45. The third-order valence-electron chi connectivity index (χ3n) is 4.33. The molecule has 0 bridgehead atoms. The van der Waals surface area contributed by atoms with Crippen LogP contribution in [0.2, 0.25) is 0 Å². The van der Waals surface area contributed by atoms with Crippen molar-refractivity contribution in [3.63, 3.8) is 0 Å². The van der Waals surface area contributed by atoms with E-state index in [2.05, 4.69) is 25.7 Å². The summed E-state index contributed by atoms with van der Waals surface area (Å²) in [5, 5.41) is 0. The van der Waals surface area contributed by atoms with Crippen LogP contribution < -0.4 is 5.73 Å². The van der Waals surface area contributed by atoms with E-state index in [-0.39, 0.29) is 0 Å². The molecule has 2 heteroatoms. The van der Waals surface area contributed by atoms with E-state index < -0.39 is 0 Å². The van der Waals surface area contributed by atoms with E-state index in [1.165, 1.54) is 32.2 Å². The van der Waals surface area contributed by atoms with Crippen molar-refractivity contribution in [2.24, 2.45) is 11.1 Å². The lowest BCUT2D eigenvalue weighted by molar-refractivity contribution is -0.0377. The fourth-order valence-electron chi connectivity index (χ4n) is 3.16. The molecule has 0 aromatic rings. The monoisotopic (exact) mass is 196 g/mol. The van der Waals surface area contributed by atoms with E-state index in [1.54, 1.807) is 0 Å². The van der Waals surface area contributed by atoms with E-state index >= 15 is 0 Å². The zero-order valence-electron chi connectivity index (χ0n) is 9.79. The molecule has 1 saturated carbocycles. The average molecular weight is 196 g/mol. The summed E-state index contributed by atoms with van der Waals surface area (Å²) in [5.74, 6) is 0. The van der Waals surface area contributed by atoms with Gasteiger partial charge in [-0.3, -0.25) is 4.90 Å². The van der Waals surface area contributed by atoms with Crippen molar-refractivity contribution in [1.82, 2.24) is 4.90 Å². The molecule has 2 aliphatic rings. The third-order valence-corrected chi connectivity index (χ3v) is 4.33. The molecule has 2 nitrogen and oxygen atoms in total. The Morgan fingerprint density at radius 2 is 2.00 bits per heavy atom. The highest BCUT2D eigenvalue weighted by atomic mass is 15.2. The summed E-state index contributed by atoms with van der Waals surface area (Å²) in [6.07, 6.45) is 5.17. The Balaban J connectivity index is 1.98. The lowest BCUT2D eigenvalue weighted by atomic mass is 9.66. The molecule has 82 valence electrons. The number of nitrogens with two attached hydrogens (primary N) is 1. The van der Waals surface area contributed by atoms with Crippen LogP contribution >= 0.6 is 0 Å². The summed E-state index contributed by atoms with van der Waals surface area (Å²) >= 11 is 0. The Morgan fingerprint density at radius 3 is 2.43 bits per heavy atom. The zero-order valence-corrected chi connectivity index (χ0v) is 9.79. The summed E-state index contributed by atoms with van der Waals surface area (Å²) < 4.78 is 0. The molecule has 1 saturated heterocycles. The Labute approximate surface area is 87.8 Å². The van der Waals surface area contributed by atoms with Gasteiger partial charge >= 0.3 is 0 Å². The van der Waals surface area contributed by atoms with E-state index in [0.717, 1.165) is 6.04 Å². The molecule has 2 fully saturated rings. The summed E-state index contributed by atoms with van der Waals surface area (Å²) in [6, 6.07) is 1.97. The van der Waals surface area contributed by atoms with Gasteiger partial charge in [-0.25, -0.2) is 0 Å². The number of piperidine rings is 1. The van der Waals surface area contributed by atoms with E-state index in [0.29, 0.717) is 17.5 Å². The molecule has 0 amide bonds. The van der Waals surface area contributed by atoms with Crippen LogP contribution in [-0.4, -0.2) is 29.6 Å². The predicted octanol–water partition coefficient (Wildman–Crippen LogP) is 1.99. The smallest absolute Gasteiger partial charge is 0.0149 e. The number of rotatable bonds is 1. The fraction of sp³-hybridized carbons (Fsp3) is 1.00. The van der Waals surface area contributed by atoms with Gasteiger partial charge in [-0.15, -0.1) is 0 Å². The second-order valence-electron chi connectivity index (χ2n) is 5.91. The minimum absolute atomic E-state index is 0.449. The van der Waals surface area contributed by atoms with Crippen LogP contribution in [0.15, 0.2) is 0 Å². The molecular formula is C12H24N2. The number of hydrogen-bond acceptors (Lipinski definition) is 2. The van der Waals surface area contributed by atoms with Gasteiger partial charge in [0.2, 0.25) is 0 Å². The van der Waals surface area contributed by atoms with Gasteiger partial charge in [0.05, 0.1) is 0 Å². The van der Waals surface area contributed by atoms with Gasteiger partial charge in [-0.2, -0.15) is 0 Å². The SMILES string of the molecule is CC1CC(N)CCN1C1CCC1(C)C. The highest BCUT2D eigenvalue weighted by molar-refractivity contribution is 4.99. The zero-order chi connectivity index (χ0) is 10.3. The van der Waals surface area contributed by atoms with Crippen molar-refractivity contribution in [3.8, 4) is 0 Å². The highest BCUT2D eigenvalue weighted by Gasteiger charge is 2.44. The van der Waals surface area contributed by atoms with Gasteiger partial charge in [0, 0.05) is 24.7 Å². The maximum atomic E-state index is 5.99. The van der Waals surface area contributed by atoms with Gasteiger partial charge in [0.1, 0.15) is 0 Å². The van der Waals surface area contributed by atoms with Gasteiger partial charge in [-0.05, 0) is 38.0 Å². The molecule has 3 atom stereocenters. The van der Waals surface area contributed by atoms with Gasteiger partial charge in [0.25, 0.3) is 0 Å².